The molecule has 0 saturated carbocycles. The van der Waals surface area contributed by atoms with Crippen LogP contribution in [-0.2, 0) is 4.79 Å². The van der Waals surface area contributed by atoms with E-state index >= 15 is 0 Å². The minimum absolute atomic E-state index is 0.195. The Morgan fingerprint density at radius 3 is 2.75 bits per heavy atom. The van der Waals surface area contributed by atoms with E-state index in [4.69, 9.17) is 11.0 Å². The molecule has 0 aromatic heterocycles. The number of nitrogens with two attached hydrogens (primary N) is 1. The molecular weight excluding hydrogens is 178 g/mol. The molecule has 0 bridgehead atoms. The number of primary amides is 1. The lowest BCUT2D eigenvalue weighted by atomic mass is 10.4. The largest absolute Gasteiger partial charge is 0.361 e. The summed E-state index contributed by atoms with van der Waals surface area (Å²) in [6, 6.07) is 0. The van der Waals surface area contributed by atoms with Gasteiger partial charge in [0.1, 0.15) is 0 Å². The molecule has 0 aliphatic rings. The maximum atomic E-state index is 10.8. The van der Waals surface area contributed by atoms with Gasteiger partial charge in [-0.3, -0.25) is 14.5 Å². The molecule has 5 nitrogen and oxygen atoms in total. The van der Waals surface area contributed by atoms with Gasteiger partial charge in [-0.2, -0.15) is 5.26 Å². The van der Waals surface area contributed by atoms with Crippen LogP contribution in [0.3, 0.4) is 0 Å². The fourth-order valence-electron chi connectivity index (χ4n) is 0.381. The zero-order chi connectivity index (χ0) is 9.56. The number of nitriles is 1. The predicted octanol–water partition coefficient (Wildman–Crippen LogP) is -0.0579. The number of amides is 2. The van der Waals surface area contributed by atoms with E-state index < -0.39 is 11.1 Å². The molecule has 1 radical (unpaired) electrons. The number of hydrogen-bond donors (Lipinski definition) is 1. The molecule has 2 N–H and O–H groups in total. The molecule has 0 aromatic rings. The highest BCUT2D eigenvalue weighted by Gasteiger charge is 2.08. The van der Waals surface area contributed by atoms with Gasteiger partial charge in [0.15, 0.2) is 6.19 Å². The molecule has 0 spiro atoms. The van der Waals surface area contributed by atoms with Crippen molar-refractivity contribution >= 4 is 22.9 Å². The van der Waals surface area contributed by atoms with E-state index in [1.165, 1.54) is 13.5 Å². The Labute approximate surface area is 74.5 Å². The van der Waals surface area contributed by atoms with Gasteiger partial charge < -0.3 is 5.73 Å². The minimum atomic E-state index is -0.543. The van der Waals surface area contributed by atoms with Crippen molar-refractivity contribution in [2.75, 3.05) is 12.8 Å². The number of rotatable bonds is 3. The van der Waals surface area contributed by atoms with Crippen LogP contribution in [0, 0.1) is 17.9 Å². The summed E-state index contributed by atoms with van der Waals surface area (Å²) in [6.07, 6.45) is 2.85. The summed E-state index contributed by atoms with van der Waals surface area (Å²) in [4.78, 5) is 21.9. The Balaban J connectivity index is 3.59. The molecule has 0 rings (SSSR count). The molecule has 0 heterocycles. The molecule has 65 valence electrons. The van der Waals surface area contributed by atoms with Gasteiger partial charge in [-0.05, 0) is 0 Å². The second kappa shape index (κ2) is 5.43. The highest BCUT2D eigenvalue weighted by Crippen LogP contribution is 2.01. The van der Waals surface area contributed by atoms with Crippen LogP contribution in [0.25, 0.3) is 0 Å². The summed E-state index contributed by atoms with van der Waals surface area (Å²) >= 11 is 0.814. The molecule has 0 aliphatic heterocycles. The average molecular weight is 186 g/mol. The van der Waals surface area contributed by atoms with Crippen LogP contribution in [0.2, 0.25) is 0 Å². The number of nitrogens with zero attached hydrogens (tertiary/aromatic N) is 2. The van der Waals surface area contributed by atoms with E-state index in [0.29, 0.717) is 0 Å². The molecule has 0 aliphatic carbocycles. The summed E-state index contributed by atoms with van der Waals surface area (Å²) < 4.78 is 0. The van der Waals surface area contributed by atoms with Gasteiger partial charge in [-0.15, -0.1) is 0 Å². The first-order valence-corrected chi connectivity index (χ1v) is 3.99. The highest BCUT2D eigenvalue weighted by atomic mass is 32.2. The van der Waals surface area contributed by atoms with E-state index in [1.807, 2.05) is 0 Å². The molecule has 2 amide bonds. The standard InChI is InChI=1S/C6H8N3O2S/c1-9(4-7)5(10)2-3-12-6(8)11/h2H,3H2,1H3,(H2,8,11). The van der Waals surface area contributed by atoms with Crippen LogP contribution in [0.15, 0.2) is 0 Å². The number of carbonyl (C=O) groups excluding carboxylic acids is 2. The van der Waals surface area contributed by atoms with Gasteiger partial charge in [0.2, 0.25) is 5.91 Å². The van der Waals surface area contributed by atoms with Gasteiger partial charge in [0, 0.05) is 12.8 Å². The molecule has 6 heteroatoms. The monoisotopic (exact) mass is 186 g/mol. The molecule has 0 fully saturated rings. The molecule has 0 saturated heterocycles. The quantitative estimate of drug-likeness (QED) is 0.494. The van der Waals surface area contributed by atoms with Crippen LogP contribution in [-0.4, -0.2) is 28.8 Å². The van der Waals surface area contributed by atoms with Gasteiger partial charge in [-0.1, -0.05) is 11.8 Å². The van der Waals surface area contributed by atoms with Crippen molar-refractivity contribution in [2.45, 2.75) is 0 Å². The van der Waals surface area contributed by atoms with Crippen LogP contribution >= 0.6 is 11.8 Å². The third-order valence-electron chi connectivity index (χ3n) is 0.964. The van der Waals surface area contributed by atoms with E-state index in [0.717, 1.165) is 16.7 Å². The van der Waals surface area contributed by atoms with Crippen LogP contribution in [0.5, 0.6) is 0 Å². The van der Waals surface area contributed by atoms with Gasteiger partial charge in [0.25, 0.3) is 5.24 Å². The smallest absolute Gasteiger partial charge is 0.276 e. The van der Waals surface area contributed by atoms with E-state index in [1.54, 1.807) is 6.19 Å². The summed E-state index contributed by atoms with van der Waals surface area (Å²) in [5.41, 5.74) is 4.80. The van der Waals surface area contributed by atoms with Gasteiger partial charge in [-0.25, -0.2) is 0 Å². The topological polar surface area (TPSA) is 87.2 Å². The number of thioether (sulfide) groups is 1. The lowest BCUT2D eigenvalue weighted by Gasteiger charge is -2.04. The summed E-state index contributed by atoms with van der Waals surface area (Å²) in [5.74, 6) is -0.244. The Morgan fingerprint density at radius 2 is 2.33 bits per heavy atom. The summed E-state index contributed by atoms with van der Waals surface area (Å²) in [6.45, 7) is 0. The Kier molecular flexibility index (Phi) is 4.88. The second-order valence-electron chi connectivity index (χ2n) is 1.83. The average Bonchev–Trinajstić information content (AvgIpc) is 2.02. The lowest BCUT2D eigenvalue weighted by Crippen LogP contribution is -2.22. The third kappa shape index (κ3) is 4.57. The lowest BCUT2D eigenvalue weighted by molar-refractivity contribution is -0.123. The Hall–Kier alpha value is -1.22. The molecule has 0 unspecified atom stereocenters. The normalized spacial score (nSPS) is 8.67. The zero-order valence-electron chi connectivity index (χ0n) is 6.48. The number of carbonyl (C=O) groups is 2. The van der Waals surface area contributed by atoms with Crippen LogP contribution in [0.1, 0.15) is 0 Å². The Morgan fingerprint density at radius 1 is 1.75 bits per heavy atom. The van der Waals surface area contributed by atoms with Crippen LogP contribution in [0.4, 0.5) is 4.79 Å². The van der Waals surface area contributed by atoms with Crippen molar-refractivity contribution in [3.05, 3.63) is 6.42 Å². The minimum Gasteiger partial charge on any atom is -0.361 e. The van der Waals surface area contributed by atoms with Crippen molar-refractivity contribution < 1.29 is 9.59 Å². The maximum Gasteiger partial charge on any atom is 0.276 e. The van der Waals surface area contributed by atoms with Crippen molar-refractivity contribution in [3.63, 3.8) is 0 Å². The fourth-order valence-corrected chi connectivity index (χ4v) is 0.771. The second-order valence-corrected chi connectivity index (χ2v) is 2.86. The van der Waals surface area contributed by atoms with E-state index in [2.05, 4.69) is 0 Å². The van der Waals surface area contributed by atoms with Crippen molar-refractivity contribution in [2.24, 2.45) is 5.73 Å². The first-order chi connectivity index (χ1) is 5.57. The van der Waals surface area contributed by atoms with Gasteiger partial charge in [0.05, 0.1) is 6.42 Å². The third-order valence-corrected chi connectivity index (χ3v) is 1.58. The van der Waals surface area contributed by atoms with Crippen LogP contribution < -0.4 is 5.73 Å². The van der Waals surface area contributed by atoms with Crippen molar-refractivity contribution in [1.82, 2.24) is 4.90 Å². The fraction of sp³-hybridized carbons (Fsp3) is 0.333. The predicted molar refractivity (Wildman–Crippen MR) is 44.7 cm³/mol. The Bertz CT molecular complexity index is 223. The van der Waals surface area contributed by atoms with E-state index in [-0.39, 0.29) is 5.75 Å². The SMILES string of the molecule is CN(C#N)C(=O)[CH]CSC(N)=O. The van der Waals surface area contributed by atoms with Crippen molar-refractivity contribution in [1.29, 1.82) is 5.26 Å². The summed E-state index contributed by atoms with van der Waals surface area (Å²) in [7, 11) is 1.34. The number of hydrogen-bond acceptors (Lipinski definition) is 4. The zero-order valence-corrected chi connectivity index (χ0v) is 7.30. The van der Waals surface area contributed by atoms with E-state index in [9.17, 15) is 9.59 Å². The first-order valence-electron chi connectivity index (χ1n) is 3.00. The van der Waals surface area contributed by atoms with Gasteiger partial charge >= 0.3 is 0 Å². The molecule has 0 atom stereocenters. The molecule has 12 heavy (non-hydrogen) atoms. The molecular formula is C6H8N3O2S. The highest BCUT2D eigenvalue weighted by molar-refractivity contribution is 8.13. The summed E-state index contributed by atoms with van der Waals surface area (Å²) in [5, 5.41) is 7.71. The molecule has 0 aromatic carbocycles. The maximum absolute atomic E-state index is 10.8. The first kappa shape index (κ1) is 10.8. The van der Waals surface area contributed by atoms with Crippen molar-refractivity contribution in [3.8, 4) is 6.19 Å².